The second kappa shape index (κ2) is 5.87. The van der Waals surface area contributed by atoms with E-state index < -0.39 is 10.0 Å². The van der Waals surface area contributed by atoms with Gasteiger partial charge < -0.3 is 5.73 Å². The lowest BCUT2D eigenvalue weighted by atomic mass is 9.78. The fraction of sp³-hybridized carbons (Fsp3) is 0.667. The van der Waals surface area contributed by atoms with Crippen molar-refractivity contribution in [3.05, 3.63) is 28.3 Å². The van der Waals surface area contributed by atoms with E-state index in [1.54, 1.807) is 4.31 Å². The summed E-state index contributed by atoms with van der Waals surface area (Å²) in [6.45, 7) is 9.03. The van der Waals surface area contributed by atoms with Crippen molar-refractivity contribution in [1.29, 1.82) is 0 Å². The molecule has 128 valence electrons. The molecule has 1 heterocycles. The zero-order valence-corrected chi connectivity index (χ0v) is 15.4. The third-order valence-corrected chi connectivity index (χ3v) is 8.12. The first-order valence-corrected chi connectivity index (χ1v) is 10.0. The summed E-state index contributed by atoms with van der Waals surface area (Å²) < 4.78 is 28.3. The van der Waals surface area contributed by atoms with Crippen molar-refractivity contribution in [3.63, 3.8) is 0 Å². The lowest BCUT2D eigenvalue weighted by Gasteiger charge is -2.29. The number of benzene rings is 1. The maximum absolute atomic E-state index is 13.3. The van der Waals surface area contributed by atoms with Crippen LogP contribution in [0.25, 0.3) is 0 Å². The van der Waals surface area contributed by atoms with Crippen LogP contribution >= 0.6 is 0 Å². The average Bonchev–Trinajstić information content (AvgIpc) is 2.92. The second-order valence-corrected chi connectivity index (χ2v) is 9.30. The molecule has 1 aliphatic carbocycles. The van der Waals surface area contributed by atoms with Gasteiger partial charge in [0.1, 0.15) is 0 Å². The predicted octanol–water partition coefficient (Wildman–Crippen LogP) is 2.67. The smallest absolute Gasteiger partial charge is 0.243 e. The van der Waals surface area contributed by atoms with Crippen LogP contribution < -0.4 is 5.73 Å². The molecule has 0 radical (unpaired) electrons. The lowest BCUT2D eigenvalue weighted by Crippen LogP contribution is -2.38. The van der Waals surface area contributed by atoms with E-state index in [2.05, 4.69) is 6.07 Å². The van der Waals surface area contributed by atoms with E-state index >= 15 is 0 Å². The Hall–Kier alpha value is -0.910. The molecule has 0 aromatic heterocycles. The molecule has 5 heteroatoms. The molecule has 0 spiro atoms. The van der Waals surface area contributed by atoms with Crippen molar-refractivity contribution in [3.8, 4) is 0 Å². The summed E-state index contributed by atoms with van der Waals surface area (Å²) >= 11 is 0. The minimum atomic E-state index is -3.45. The summed E-state index contributed by atoms with van der Waals surface area (Å²) in [5.74, 6) is 0.755. The fourth-order valence-electron chi connectivity index (χ4n) is 4.37. The first-order chi connectivity index (χ1) is 10.7. The van der Waals surface area contributed by atoms with Crippen LogP contribution in [0.1, 0.15) is 41.5 Å². The van der Waals surface area contributed by atoms with Crippen LogP contribution in [0.15, 0.2) is 11.0 Å². The molecule has 2 fully saturated rings. The van der Waals surface area contributed by atoms with Gasteiger partial charge in [0.2, 0.25) is 10.0 Å². The number of fused-ring (bicyclic) bond motifs is 1. The molecular weight excluding hydrogens is 308 g/mol. The topological polar surface area (TPSA) is 63.4 Å². The second-order valence-electron chi connectivity index (χ2n) is 7.43. The highest BCUT2D eigenvalue weighted by atomic mass is 32.2. The van der Waals surface area contributed by atoms with Crippen molar-refractivity contribution >= 4 is 10.0 Å². The van der Waals surface area contributed by atoms with Gasteiger partial charge in [-0.15, -0.1) is 0 Å². The molecule has 0 amide bonds. The molecule has 0 bridgehead atoms. The molecule has 23 heavy (non-hydrogen) atoms. The van der Waals surface area contributed by atoms with Gasteiger partial charge in [-0.25, -0.2) is 8.42 Å². The Morgan fingerprint density at radius 3 is 2.22 bits per heavy atom. The maximum atomic E-state index is 13.3. The number of nitrogens with zero attached hydrogens (tertiary/aromatic N) is 1. The highest BCUT2D eigenvalue weighted by Crippen LogP contribution is 2.39. The maximum Gasteiger partial charge on any atom is 0.243 e. The van der Waals surface area contributed by atoms with Gasteiger partial charge in [0.15, 0.2) is 0 Å². The number of rotatable bonds is 2. The Morgan fingerprint density at radius 2 is 1.65 bits per heavy atom. The summed E-state index contributed by atoms with van der Waals surface area (Å²) in [4.78, 5) is 0.516. The Morgan fingerprint density at radius 1 is 1.04 bits per heavy atom. The molecule has 1 aliphatic heterocycles. The Labute approximate surface area is 140 Å². The van der Waals surface area contributed by atoms with Gasteiger partial charge in [0.25, 0.3) is 0 Å². The molecule has 1 saturated heterocycles. The van der Waals surface area contributed by atoms with Crippen molar-refractivity contribution in [1.82, 2.24) is 4.31 Å². The molecule has 2 aliphatic rings. The number of hydrogen-bond acceptors (Lipinski definition) is 3. The van der Waals surface area contributed by atoms with Crippen molar-refractivity contribution in [2.75, 3.05) is 13.1 Å². The highest BCUT2D eigenvalue weighted by molar-refractivity contribution is 7.89. The number of hydrogen-bond donors (Lipinski definition) is 1. The van der Waals surface area contributed by atoms with E-state index in [0.717, 1.165) is 41.5 Å². The number of nitrogens with two attached hydrogens (primary N) is 1. The number of aryl methyl sites for hydroxylation is 2. The van der Waals surface area contributed by atoms with E-state index in [1.807, 2.05) is 27.7 Å². The largest absolute Gasteiger partial charge is 0.327 e. The van der Waals surface area contributed by atoms with Crippen molar-refractivity contribution in [2.24, 2.45) is 17.6 Å². The number of sulfonamides is 1. The van der Waals surface area contributed by atoms with Gasteiger partial charge in [-0.3, -0.25) is 0 Å². The monoisotopic (exact) mass is 336 g/mol. The molecule has 3 unspecified atom stereocenters. The minimum absolute atomic E-state index is 0.149. The minimum Gasteiger partial charge on any atom is -0.327 e. The van der Waals surface area contributed by atoms with Crippen LogP contribution in [0.2, 0.25) is 0 Å². The van der Waals surface area contributed by atoms with Crippen LogP contribution in [0, 0.1) is 39.5 Å². The summed E-state index contributed by atoms with van der Waals surface area (Å²) in [5.41, 5.74) is 10.1. The Kier molecular flexibility index (Phi) is 4.32. The molecule has 1 aromatic carbocycles. The summed E-state index contributed by atoms with van der Waals surface area (Å²) in [7, 11) is -3.45. The fourth-order valence-corrected chi connectivity index (χ4v) is 6.48. The summed E-state index contributed by atoms with van der Waals surface area (Å²) in [6.07, 6.45) is 3.25. The molecule has 1 aromatic rings. The molecule has 2 N–H and O–H groups in total. The Bertz CT molecular complexity index is 701. The third kappa shape index (κ3) is 2.73. The van der Waals surface area contributed by atoms with E-state index in [4.69, 9.17) is 5.73 Å². The molecule has 3 rings (SSSR count). The van der Waals surface area contributed by atoms with Crippen LogP contribution in [0.5, 0.6) is 0 Å². The van der Waals surface area contributed by atoms with E-state index in [0.29, 0.717) is 29.8 Å². The standard InChI is InChI=1S/C18H28N2O2S/c1-11-8-12(2)14(4)18(13(11)3)23(21,22)20-9-15-6-5-7-17(19)16(15)10-20/h8,15-17H,5-7,9-10,19H2,1-4H3. The normalized spacial score (nSPS) is 28.8. The molecule has 4 nitrogen and oxygen atoms in total. The van der Waals surface area contributed by atoms with Gasteiger partial charge in [0, 0.05) is 19.1 Å². The molecular formula is C18H28N2O2S. The third-order valence-electron chi connectivity index (χ3n) is 6.02. The summed E-state index contributed by atoms with van der Waals surface area (Å²) in [6, 6.07) is 2.22. The highest BCUT2D eigenvalue weighted by Gasteiger charge is 2.44. The average molecular weight is 337 g/mol. The van der Waals surface area contributed by atoms with Crippen molar-refractivity contribution in [2.45, 2.75) is 57.9 Å². The zero-order chi connectivity index (χ0) is 16.9. The van der Waals surface area contributed by atoms with E-state index in [9.17, 15) is 8.42 Å². The first-order valence-electron chi connectivity index (χ1n) is 8.56. The van der Waals surface area contributed by atoms with Crippen LogP contribution in [-0.2, 0) is 10.0 Å². The Balaban J connectivity index is 2.01. The summed E-state index contributed by atoms with van der Waals surface area (Å²) in [5, 5.41) is 0. The quantitative estimate of drug-likeness (QED) is 0.903. The lowest BCUT2D eigenvalue weighted by molar-refractivity contribution is 0.260. The van der Waals surface area contributed by atoms with Crippen LogP contribution in [0.3, 0.4) is 0 Å². The molecule has 3 atom stereocenters. The predicted molar refractivity (Wildman–Crippen MR) is 93.0 cm³/mol. The zero-order valence-electron chi connectivity index (χ0n) is 14.6. The van der Waals surface area contributed by atoms with Crippen molar-refractivity contribution < 1.29 is 8.42 Å². The van der Waals surface area contributed by atoms with Gasteiger partial charge in [-0.05, 0) is 74.6 Å². The molecule has 1 saturated carbocycles. The first kappa shape index (κ1) is 16.9. The van der Waals surface area contributed by atoms with Crippen LogP contribution in [-0.4, -0.2) is 31.9 Å². The van der Waals surface area contributed by atoms with E-state index in [1.165, 1.54) is 0 Å². The SMILES string of the molecule is Cc1cc(C)c(C)c(S(=O)(=O)N2CC3CCCC(N)C3C2)c1C. The van der Waals surface area contributed by atoms with Gasteiger partial charge in [-0.1, -0.05) is 12.5 Å². The van der Waals surface area contributed by atoms with Gasteiger partial charge >= 0.3 is 0 Å². The van der Waals surface area contributed by atoms with E-state index in [-0.39, 0.29) is 6.04 Å². The van der Waals surface area contributed by atoms with Crippen LogP contribution in [0.4, 0.5) is 0 Å². The van der Waals surface area contributed by atoms with Gasteiger partial charge in [0.05, 0.1) is 4.90 Å². The van der Waals surface area contributed by atoms with Gasteiger partial charge in [-0.2, -0.15) is 4.31 Å².